The first-order valence-electron chi connectivity index (χ1n) is 8.81. The molecule has 1 N–H and O–H groups in total. The van der Waals surface area contributed by atoms with Gasteiger partial charge in [-0.1, -0.05) is 12.7 Å². The van der Waals surface area contributed by atoms with Crippen LogP contribution in [0.4, 0.5) is 0 Å². The molecule has 1 heterocycles. The van der Waals surface area contributed by atoms with Gasteiger partial charge in [0, 0.05) is 38.4 Å². The molecule has 0 amide bonds. The lowest BCUT2D eigenvalue weighted by Gasteiger charge is -2.30. The van der Waals surface area contributed by atoms with Crippen LogP contribution in [0.3, 0.4) is 0 Å². The Kier molecular flexibility index (Phi) is 10.6. The van der Waals surface area contributed by atoms with Gasteiger partial charge in [0.2, 0.25) is 0 Å². The molecule has 132 valence electrons. The first-order valence-corrected chi connectivity index (χ1v) is 8.81. The molecular weight excluding hydrogens is 288 g/mol. The monoisotopic (exact) mass is 322 g/mol. The van der Waals surface area contributed by atoms with Crippen molar-refractivity contribution in [1.29, 1.82) is 0 Å². The van der Waals surface area contributed by atoms with Gasteiger partial charge in [-0.3, -0.25) is 5.43 Å². The number of aldehydes is 1. The van der Waals surface area contributed by atoms with Crippen LogP contribution in [0, 0.1) is 0 Å². The third kappa shape index (κ3) is 8.89. The van der Waals surface area contributed by atoms with Gasteiger partial charge in [-0.15, -0.1) is 6.58 Å². The predicted octanol–water partition coefficient (Wildman–Crippen LogP) is 1.89. The van der Waals surface area contributed by atoms with Crippen molar-refractivity contribution in [2.75, 3.05) is 52.9 Å². The number of nitrogens with one attached hydrogen (secondary N) is 1. The smallest absolute Gasteiger partial charge is 0.135 e. The number of carbonyl (C=O) groups excluding carboxylic acids is 1. The van der Waals surface area contributed by atoms with Gasteiger partial charge in [-0.2, -0.15) is 0 Å². The molecule has 0 radical (unpaired) electrons. The Bertz CT molecular complexity index is 343. The minimum absolute atomic E-state index is 0.394. The van der Waals surface area contributed by atoms with Crippen molar-refractivity contribution in [2.24, 2.45) is 0 Å². The molecule has 5 nitrogen and oxygen atoms in total. The predicted molar refractivity (Wildman–Crippen MR) is 97.1 cm³/mol. The van der Waals surface area contributed by atoms with Gasteiger partial charge in [-0.25, -0.2) is 5.01 Å². The van der Waals surface area contributed by atoms with Crippen LogP contribution in [-0.2, 0) is 4.79 Å². The Morgan fingerprint density at radius 3 is 2.61 bits per heavy atom. The number of rotatable bonds is 13. The largest absolute Gasteiger partial charge is 0.375 e. The Morgan fingerprint density at radius 2 is 1.96 bits per heavy atom. The number of hydrazine groups is 1. The van der Waals surface area contributed by atoms with E-state index >= 15 is 0 Å². The summed E-state index contributed by atoms with van der Waals surface area (Å²) in [4.78, 5) is 15.4. The van der Waals surface area contributed by atoms with Gasteiger partial charge < -0.3 is 14.6 Å². The minimum Gasteiger partial charge on any atom is -0.375 e. The van der Waals surface area contributed by atoms with Crippen LogP contribution in [0.1, 0.15) is 32.1 Å². The fourth-order valence-corrected chi connectivity index (χ4v) is 2.88. The zero-order valence-electron chi connectivity index (χ0n) is 14.8. The number of piperidine rings is 1. The molecule has 0 spiro atoms. The topological polar surface area (TPSA) is 38.8 Å². The average molecular weight is 322 g/mol. The van der Waals surface area contributed by atoms with Gasteiger partial charge in [0.1, 0.15) is 6.29 Å². The number of nitrogens with zero attached hydrogens (tertiary/aromatic N) is 3. The minimum atomic E-state index is 0.394. The van der Waals surface area contributed by atoms with Crippen LogP contribution >= 0.6 is 0 Å². The van der Waals surface area contributed by atoms with Gasteiger partial charge in [-0.05, 0) is 45.7 Å². The highest BCUT2D eigenvalue weighted by molar-refractivity contribution is 5.51. The van der Waals surface area contributed by atoms with E-state index in [2.05, 4.69) is 35.4 Å². The van der Waals surface area contributed by atoms with E-state index in [0.717, 1.165) is 38.8 Å². The van der Waals surface area contributed by atoms with Gasteiger partial charge >= 0.3 is 0 Å². The summed E-state index contributed by atoms with van der Waals surface area (Å²) in [5, 5.41) is 1.88. The lowest BCUT2D eigenvalue weighted by molar-refractivity contribution is -0.109. The maximum absolute atomic E-state index is 10.6. The van der Waals surface area contributed by atoms with Crippen molar-refractivity contribution in [3.63, 3.8) is 0 Å². The first-order chi connectivity index (χ1) is 11.2. The number of likely N-dealkylation sites (tertiary alicyclic amines) is 1. The maximum Gasteiger partial charge on any atom is 0.135 e. The first kappa shape index (κ1) is 19.9. The molecule has 1 rings (SSSR count). The van der Waals surface area contributed by atoms with Crippen molar-refractivity contribution in [2.45, 2.75) is 32.1 Å². The van der Waals surface area contributed by atoms with E-state index in [-0.39, 0.29) is 0 Å². The van der Waals surface area contributed by atoms with Crippen LogP contribution < -0.4 is 5.43 Å². The Balaban J connectivity index is 2.08. The molecule has 5 heteroatoms. The molecule has 0 unspecified atom stereocenters. The van der Waals surface area contributed by atoms with Crippen LogP contribution in [0.15, 0.2) is 24.9 Å². The van der Waals surface area contributed by atoms with Crippen molar-refractivity contribution in [3.05, 3.63) is 24.9 Å². The summed E-state index contributed by atoms with van der Waals surface area (Å²) in [6.07, 6.45) is 8.94. The third-order valence-corrected chi connectivity index (χ3v) is 4.28. The summed E-state index contributed by atoms with van der Waals surface area (Å²) in [6.45, 7) is 14.3. The molecule has 0 aromatic heterocycles. The number of hydrogen-bond donors (Lipinski definition) is 1. The van der Waals surface area contributed by atoms with E-state index in [0.29, 0.717) is 13.1 Å². The van der Waals surface area contributed by atoms with E-state index in [9.17, 15) is 4.79 Å². The standard InChI is InChI=1S/C18H34N4O/c1-4-11-22(16-17-23)19-10-15-20(3)12-8-9-18(2)21-13-6-5-7-14-21/h4,17,19H,1-2,5-16H2,3H3. The van der Waals surface area contributed by atoms with Crippen LogP contribution in [-0.4, -0.2) is 74.0 Å². The van der Waals surface area contributed by atoms with Crippen LogP contribution in [0.5, 0.6) is 0 Å². The number of allylic oxidation sites excluding steroid dienone is 1. The molecule has 1 aliphatic heterocycles. The zero-order valence-corrected chi connectivity index (χ0v) is 14.8. The summed E-state index contributed by atoms with van der Waals surface area (Å²) >= 11 is 0. The fraction of sp³-hybridized carbons (Fsp3) is 0.722. The Labute approximate surface area is 142 Å². The molecule has 0 saturated carbocycles. The van der Waals surface area contributed by atoms with Gasteiger partial charge in [0.15, 0.2) is 0 Å². The highest BCUT2D eigenvalue weighted by atomic mass is 16.1. The molecule has 0 aromatic carbocycles. The van der Waals surface area contributed by atoms with E-state index in [1.165, 1.54) is 38.0 Å². The molecule has 1 aliphatic rings. The van der Waals surface area contributed by atoms with E-state index in [1.54, 1.807) is 6.08 Å². The lowest BCUT2D eigenvalue weighted by atomic mass is 10.1. The van der Waals surface area contributed by atoms with Crippen LogP contribution in [0.2, 0.25) is 0 Å². The normalized spacial score (nSPS) is 15.2. The molecular formula is C18H34N4O. The summed E-state index contributed by atoms with van der Waals surface area (Å²) < 4.78 is 0. The summed E-state index contributed by atoms with van der Waals surface area (Å²) in [6, 6.07) is 0. The molecule has 23 heavy (non-hydrogen) atoms. The molecule has 0 bridgehead atoms. The molecule has 0 aromatic rings. The molecule has 0 aliphatic carbocycles. The zero-order chi connectivity index (χ0) is 16.9. The summed E-state index contributed by atoms with van der Waals surface area (Å²) in [5.74, 6) is 0. The van der Waals surface area contributed by atoms with Crippen molar-refractivity contribution in [3.8, 4) is 0 Å². The van der Waals surface area contributed by atoms with E-state index < -0.39 is 0 Å². The average Bonchev–Trinajstić information content (AvgIpc) is 2.56. The number of hydrogen-bond acceptors (Lipinski definition) is 5. The second-order valence-corrected chi connectivity index (χ2v) is 6.29. The lowest BCUT2D eigenvalue weighted by Crippen LogP contribution is -2.43. The highest BCUT2D eigenvalue weighted by Gasteiger charge is 2.11. The maximum atomic E-state index is 10.6. The van der Waals surface area contributed by atoms with Gasteiger partial charge in [0.25, 0.3) is 0 Å². The van der Waals surface area contributed by atoms with Gasteiger partial charge in [0.05, 0.1) is 6.54 Å². The molecule has 1 fully saturated rings. The van der Waals surface area contributed by atoms with E-state index in [1.807, 2.05) is 5.01 Å². The quantitative estimate of drug-likeness (QED) is 0.318. The van der Waals surface area contributed by atoms with Crippen molar-refractivity contribution >= 4 is 6.29 Å². The molecule has 1 saturated heterocycles. The third-order valence-electron chi connectivity index (χ3n) is 4.28. The molecule has 0 atom stereocenters. The SMILES string of the molecule is C=CCN(CC=O)NCCN(C)CCCC(=C)N1CCCCC1. The van der Waals surface area contributed by atoms with Crippen molar-refractivity contribution in [1.82, 2.24) is 20.2 Å². The van der Waals surface area contributed by atoms with Crippen molar-refractivity contribution < 1.29 is 4.79 Å². The summed E-state index contributed by atoms with van der Waals surface area (Å²) in [5.41, 5.74) is 4.57. The summed E-state index contributed by atoms with van der Waals surface area (Å²) in [7, 11) is 2.14. The number of likely N-dealkylation sites (N-methyl/N-ethyl adjacent to an activating group) is 1. The Morgan fingerprint density at radius 1 is 1.22 bits per heavy atom. The highest BCUT2D eigenvalue weighted by Crippen LogP contribution is 2.16. The number of carbonyl (C=O) groups is 1. The second kappa shape index (κ2) is 12.3. The fourth-order valence-electron chi connectivity index (χ4n) is 2.88. The Hall–Kier alpha value is -1.17. The van der Waals surface area contributed by atoms with Crippen LogP contribution in [0.25, 0.3) is 0 Å². The van der Waals surface area contributed by atoms with E-state index in [4.69, 9.17) is 0 Å². The second-order valence-electron chi connectivity index (χ2n) is 6.29.